The molecule has 0 saturated heterocycles. The molecule has 0 unspecified atom stereocenters. The molecule has 1 aromatic heterocycles. The Bertz CT molecular complexity index is 599. The first-order valence-electron chi connectivity index (χ1n) is 5.28. The number of hydrogen-bond donors (Lipinski definition) is 0. The number of rotatable bonds is 4. The minimum Gasteiger partial charge on any atom is -0.490 e. The molecule has 0 spiro atoms. The Hall–Kier alpha value is -1.52. The van der Waals surface area contributed by atoms with E-state index < -0.39 is 0 Å². The molecule has 0 fully saturated rings. The van der Waals surface area contributed by atoms with Crippen LogP contribution in [-0.2, 0) is 6.54 Å². The second-order valence-corrected chi connectivity index (χ2v) is 4.29. The fourth-order valence-electron chi connectivity index (χ4n) is 1.39. The van der Waals surface area contributed by atoms with Gasteiger partial charge in [0.2, 0.25) is 0 Å². The fourth-order valence-corrected chi connectivity index (χ4v) is 1.73. The van der Waals surface area contributed by atoms with Gasteiger partial charge in [0, 0.05) is 6.07 Å². The first-order valence-corrected chi connectivity index (χ1v) is 6.03. The number of aromatic nitrogens is 2. The van der Waals surface area contributed by atoms with Crippen LogP contribution in [0.4, 0.5) is 0 Å². The number of nitrogens with zero attached hydrogens (tertiary/aromatic N) is 2. The average molecular weight is 285 g/mol. The molecular weight excluding hydrogens is 275 g/mol. The maximum Gasteiger partial charge on any atom is 0.266 e. The van der Waals surface area contributed by atoms with Gasteiger partial charge in [0.25, 0.3) is 5.56 Å². The van der Waals surface area contributed by atoms with E-state index in [-0.39, 0.29) is 17.3 Å². The van der Waals surface area contributed by atoms with E-state index in [1.165, 1.54) is 16.8 Å². The lowest BCUT2D eigenvalue weighted by Gasteiger charge is -2.08. The maximum absolute atomic E-state index is 11.4. The van der Waals surface area contributed by atoms with Crippen LogP contribution in [0.1, 0.15) is 0 Å². The topological polar surface area (TPSA) is 44.1 Å². The van der Waals surface area contributed by atoms with Gasteiger partial charge in [-0.2, -0.15) is 5.10 Å². The van der Waals surface area contributed by atoms with Crippen LogP contribution in [-0.4, -0.2) is 16.4 Å². The molecule has 0 atom stereocenters. The molecule has 1 aromatic carbocycles. The first kappa shape index (κ1) is 12.9. The molecule has 6 heteroatoms. The summed E-state index contributed by atoms with van der Waals surface area (Å²) in [5.41, 5.74) is -0.220. The van der Waals surface area contributed by atoms with E-state index in [9.17, 15) is 4.79 Å². The third-order valence-corrected chi connectivity index (χ3v) is 2.75. The van der Waals surface area contributed by atoms with Crippen LogP contribution in [0.25, 0.3) is 0 Å². The summed E-state index contributed by atoms with van der Waals surface area (Å²) in [7, 11) is 0. The minimum atomic E-state index is -0.220. The quantitative estimate of drug-likeness (QED) is 0.867. The Balaban J connectivity index is 1.99. The molecule has 0 saturated carbocycles. The van der Waals surface area contributed by atoms with E-state index in [2.05, 4.69) is 5.10 Å². The highest BCUT2D eigenvalue weighted by molar-refractivity contribution is 6.32. The molecule has 2 aromatic rings. The number of halogens is 2. The molecule has 0 radical (unpaired) electrons. The summed E-state index contributed by atoms with van der Waals surface area (Å²) in [6, 6.07) is 9.96. The molecule has 0 N–H and O–H groups in total. The van der Waals surface area contributed by atoms with Crippen LogP contribution in [0.3, 0.4) is 0 Å². The SMILES string of the molecule is O=c1ccc(Cl)nn1CCOc1ccccc1Cl. The molecule has 0 bridgehead atoms. The third kappa shape index (κ3) is 3.24. The molecule has 0 aliphatic carbocycles. The summed E-state index contributed by atoms with van der Waals surface area (Å²) >= 11 is 11.6. The zero-order valence-electron chi connectivity index (χ0n) is 9.35. The van der Waals surface area contributed by atoms with Gasteiger partial charge in [-0.1, -0.05) is 35.3 Å². The highest BCUT2D eigenvalue weighted by Gasteiger charge is 2.02. The van der Waals surface area contributed by atoms with Crippen molar-refractivity contribution in [3.63, 3.8) is 0 Å². The monoisotopic (exact) mass is 284 g/mol. The van der Waals surface area contributed by atoms with Crippen molar-refractivity contribution in [3.8, 4) is 5.75 Å². The van der Waals surface area contributed by atoms with Crippen LogP contribution >= 0.6 is 23.2 Å². The van der Waals surface area contributed by atoms with E-state index in [1.54, 1.807) is 12.1 Å². The number of hydrogen-bond acceptors (Lipinski definition) is 3. The third-order valence-electron chi connectivity index (χ3n) is 2.23. The molecule has 94 valence electrons. The number of ether oxygens (including phenoxy) is 1. The summed E-state index contributed by atoms with van der Waals surface area (Å²) in [5.74, 6) is 0.578. The number of para-hydroxylation sites is 1. The van der Waals surface area contributed by atoms with Gasteiger partial charge in [0.05, 0.1) is 11.6 Å². The van der Waals surface area contributed by atoms with Crippen LogP contribution < -0.4 is 10.3 Å². The summed E-state index contributed by atoms with van der Waals surface area (Å²) in [6.07, 6.45) is 0. The largest absolute Gasteiger partial charge is 0.490 e. The van der Waals surface area contributed by atoms with Crippen molar-refractivity contribution in [1.29, 1.82) is 0 Å². The Morgan fingerprint density at radius 1 is 1.17 bits per heavy atom. The van der Waals surface area contributed by atoms with Crippen molar-refractivity contribution in [2.45, 2.75) is 6.54 Å². The normalized spacial score (nSPS) is 10.3. The highest BCUT2D eigenvalue weighted by Crippen LogP contribution is 2.22. The minimum absolute atomic E-state index is 0.220. The molecule has 18 heavy (non-hydrogen) atoms. The smallest absolute Gasteiger partial charge is 0.266 e. The summed E-state index contributed by atoms with van der Waals surface area (Å²) in [6.45, 7) is 0.599. The van der Waals surface area contributed by atoms with Gasteiger partial charge < -0.3 is 4.74 Å². The lowest BCUT2D eigenvalue weighted by atomic mass is 10.3. The van der Waals surface area contributed by atoms with Crippen molar-refractivity contribution in [2.75, 3.05) is 6.61 Å². The molecular formula is C12H10Cl2N2O2. The van der Waals surface area contributed by atoms with Crippen LogP contribution in [0, 0.1) is 0 Å². The zero-order chi connectivity index (χ0) is 13.0. The van der Waals surface area contributed by atoms with Gasteiger partial charge in [-0.05, 0) is 18.2 Å². The molecule has 0 aliphatic heterocycles. The van der Waals surface area contributed by atoms with Crippen molar-refractivity contribution in [1.82, 2.24) is 9.78 Å². The summed E-state index contributed by atoms with van der Waals surface area (Å²) in [4.78, 5) is 11.4. The van der Waals surface area contributed by atoms with E-state index in [1.807, 2.05) is 12.1 Å². The predicted octanol–water partition coefficient (Wildman–Crippen LogP) is 2.63. The van der Waals surface area contributed by atoms with Gasteiger partial charge in [-0.15, -0.1) is 0 Å². The van der Waals surface area contributed by atoms with E-state index in [0.29, 0.717) is 17.3 Å². The van der Waals surface area contributed by atoms with Gasteiger partial charge in [-0.25, -0.2) is 4.68 Å². The lowest BCUT2D eigenvalue weighted by molar-refractivity contribution is 0.288. The van der Waals surface area contributed by atoms with E-state index in [4.69, 9.17) is 27.9 Å². The number of benzene rings is 1. The maximum atomic E-state index is 11.4. The fraction of sp³-hybridized carbons (Fsp3) is 0.167. The summed E-state index contributed by atoms with van der Waals surface area (Å²) in [5, 5.41) is 4.69. The van der Waals surface area contributed by atoms with Crippen molar-refractivity contribution in [2.24, 2.45) is 0 Å². The van der Waals surface area contributed by atoms with Crippen LogP contribution in [0.2, 0.25) is 10.2 Å². The lowest BCUT2D eigenvalue weighted by Crippen LogP contribution is -2.24. The second-order valence-electron chi connectivity index (χ2n) is 3.50. The molecule has 2 rings (SSSR count). The van der Waals surface area contributed by atoms with Gasteiger partial charge in [-0.3, -0.25) is 4.79 Å². The Morgan fingerprint density at radius 2 is 1.94 bits per heavy atom. The first-order chi connectivity index (χ1) is 8.66. The Labute approximate surface area is 114 Å². The van der Waals surface area contributed by atoms with Gasteiger partial charge >= 0.3 is 0 Å². The van der Waals surface area contributed by atoms with Crippen molar-refractivity contribution < 1.29 is 4.74 Å². The van der Waals surface area contributed by atoms with Crippen molar-refractivity contribution in [3.05, 3.63) is 56.9 Å². The average Bonchev–Trinajstić information content (AvgIpc) is 2.36. The van der Waals surface area contributed by atoms with E-state index >= 15 is 0 Å². The van der Waals surface area contributed by atoms with Crippen LogP contribution in [0.15, 0.2) is 41.2 Å². The molecule has 0 amide bonds. The summed E-state index contributed by atoms with van der Waals surface area (Å²) < 4.78 is 6.71. The van der Waals surface area contributed by atoms with Gasteiger partial charge in [0.1, 0.15) is 17.5 Å². The molecule has 4 nitrogen and oxygen atoms in total. The second kappa shape index (κ2) is 5.89. The molecule has 0 aliphatic rings. The van der Waals surface area contributed by atoms with Crippen molar-refractivity contribution >= 4 is 23.2 Å². The Morgan fingerprint density at radius 3 is 2.72 bits per heavy atom. The predicted molar refractivity (Wildman–Crippen MR) is 70.5 cm³/mol. The standard InChI is InChI=1S/C12H10Cl2N2O2/c13-9-3-1-2-4-10(9)18-8-7-16-12(17)6-5-11(14)15-16/h1-6H,7-8H2. The zero-order valence-corrected chi connectivity index (χ0v) is 10.9. The molecule has 1 heterocycles. The Kier molecular flexibility index (Phi) is 4.23. The van der Waals surface area contributed by atoms with Crippen LogP contribution in [0.5, 0.6) is 5.75 Å². The highest BCUT2D eigenvalue weighted by atomic mass is 35.5. The van der Waals surface area contributed by atoms with Gasteiger partial charge in [0.15, 0.2) is 0 Å². The van der Waals surface area contributed by atoms with E-state index in [0.717, 1.165) is 0 Å².